The molecule has 0 spiro atoms. The van der Waals surface area contributed by atoms with E-state index in [0.29, 0.717) is 28.2 Å². The zero-order chi connectivity index (χ0) is 23.0. The van der Waals surface area contributed by atoms with Crippen LogP contribution in [0.1, 0.15) is 28.9 Å². The number of hydrogen-bond donors (Lipinski definition) is 1. The largest absolute Gasteiger partial charge is 0.307 e. The summed E-state index contributed by atoms with van der Waals surface area (Å²) in [5.74, 6) is -0.471. The van der Waals surface area contributed by atoms with E-state index >= 15 is 0 Å². The van der Waals surface area contributed by atoms with Gasteiger partial charge < -0.3 is 5.32 Å². The summed E-state index contributed by atoms with van der Waals surface area (Å²) in [7, 11) is 0. The van der Waals surface area contributed by atoms with Crippen LogP contribution in [0.15, 0.2) is 41.0 Å². The number of anilines is 1. The van der Waals surface area contributed by atoms with Crippen LogP contribution in [0, 0.1) is 19.7 Å². The van der Waals surface area contributed by atoms with Gasteiger partial charge in [-0.15, -0.1) is 0 Å². The summed E-state index contributed by atoms with van der Waals surface area (Å²) in [6.07, 6.45) is -0.989. The molecule has 3 heterocycles. The number of aryl methyl sites for hydroxylation is 2. The van der Waals surface area contributed by atoms with E-state index < -0.39 is 12.3 Å². The summed E-state index contributed by atoms with van der Waals surface area (Å²) < 4.78 is 43.5. The molecular formula is C21H18BrF3N6O. The predicted molar refractivity (Wildman–Crippen MR) is 116 cm³/mol. The fourth-order valence-electron chi connectivity index (χ4n) is 3.45. The average Bonchev–Trinajstić information content (AvgIpc) is 3.22. The van der Waals surface area contributed by atoms with E-state index in [4.69, 9.17) is 0 Å². The molecule has 0 saturated carbocycles. The molecule has 4 aromatic rings. The monoisotopic (exact) mass is 506 g/mol. The highest BCUT2D eigenvalue weighted by Gasteiger charge is 2.21. The molecule has 0 aliphatic carbocycles. The molecule has 32 heavy (non-hydrogen) atoms. The highest BCUT2D eigenvalue weighted by molar-refractivity contribution is 9.10. The second kappa shape index (κ2) is 8.73. The molecule has 0 atom stereocenters. The maximum absolute atomic E-state index is 13.5. The van der Waals surface area contributed by atoms with E-state index in [2.05, 4.69) is 36.4 Å². The van der Waals surface area contributed by atoms with Crippen molar-refractivity contribution in [3.8, 4) is 0 Å². The zero-order valence-corrected chi connectivity index (χ0v) is 18.7. The normalized spacial score (nSPS) is 11.5. The fourth-order valence-corrected chi connectivity index (χ4v) is 3.86. The van der Waals surface area contributed by atoms with Gasteiger partial charge in [0.05, 0.1) is 22.1 Å². The van der Waals surface area contributed by atoms with Crippen molar-refractivity contribution >= 4 is 38.7 Å². The molecule has 1 N–H and O–H groups in total. The van der Waals surface area contributed by atoms with E-state index in [-0.39, 0.29) is 29.0 Å². The first kappa shape index (κ1) is 22.0. The summed E-state index contributed by atoms with van der Waals surface area (Å²) in [6, 6.07) is 7.36. The number of nitrogens with one attached hydrogen (secondary N) is 1. The molecule has 0 aliphatic heterocycles. The quantitative estimate of drug-likeness (QED) is 0.408. The molecule has 1 aromatic carbocycles. The first-order valence-corrected chi connectivity index (χ1v) is 10.4. The van der Waals surface area contributed by atoms with E-state index in [1.54, 1.807) is 36.9 Å². The number of carbonyl (C=O) groups is 1. The molecule has 3 aromatic heterocycles. The Kier molecular flexibility index (Phi) is 6.00. The van der Waals surface area contributed by atoms with Gasteiger partial charge in [-0.1, -0.05) is 12.1 Å². The van der Waals surface area contributed by atoms with Crippen molar-refractivity contribution in [3.63, 3.8) is 0 Å². The van der Waals surface area contributed by atoms with Crippen LogP contribution in [-0.2, 0) is 17.9 Å². The van der Waals surface area contributed by atoms with Gasteiger partial charge in [0.2, 0.25) is 5.91 Å². The maximum atomic E-state index is 13.5. The Morgan fingerprint density at radius 2 is 1.91 bits per heavy atom. The van der Waals surface area contributed by atoms with Crippen LogP contribution in [-0.4, -0.2) is 30.5 Å². The third-order valence-electron chi connectivity index (χ3n) is 4.80. The first-order chi connectivity index (χ1) is 15.2. The number of halogens is 4. The molecular weight excluding hydrogens is 489 g/mol. The van der Waals surface area contributed by atoms with Crippen molar-refractivity contribution < 1.29 is 18.0 Å². The van der Waals surface area contributed by atoms with Gasteiger partial charge >= 0.3 is 0 Å². The van der Waals surface area contributed by atoms with Crippen LogP contribution in [0.25, 0.3) is 11.0 Å². The highest BCUT2D eigenvalue weighted by atomic mass is 79.9. The summed E-state index contributed by atoms with van der Waals surface area (Å²) in [5, 5.41) is 11.5. The minimum atomic E-state index is -2.68. The average molecular weight is 507 g/mol. The standard InChI is InChI=1S/C21H18BrF3N6O/c1-11-7-15(19(24)25)18-12(2)28-31(21(18)26-11)10-17(32)27-20-16(22)9-30(29-20)8-13-3-5-14(23)6-4-13/h3-7,9,19H,8,10H2,1-2H3,(H,27,29,32). The second-order valence-electron chi connectivity index (χ2n) is 7.29. The second-order valence-corrected chi connectivity index (χ2v) is 8.15. The van der Waals surface area contributed by atoms with Crippen molar-refractivity contribution in [2.45, 2.75) is 33.4 Å². The highest BCUT2D eigenvalue weighted by Crippen LogP contribution is 2.30. The van der Waals surface area contributed by atoms with Crippen molar-refractivity contribution in [2.24, 2.45) is 0 Å². The zero-order valence-electron chi connectivity index (χ0n) is 17.1. The fraction of sp³-hybridized carbons (Fsp3) is 0.238. The van der Waals surface area contributed by atoms with Crippen molar-refractivity contribution in [3.05, 3.63) is 69.3 Å². The van der Waals surface area contributed by atoms with E-state index in [0.717, 1.165) is 5.56 Å². The van der Waals surface area contributed by atoms with Gasteiger partial charge in [0.25, 0.3) is 6.43 Å². The number of fused-ring (bicyclic) bond motifs is 1. The number of rotatable bonds is 6. The molecule has 166 valence electrons. The van der Waals surface area contributed by atoms with Gasteiger partial charge in [0.1, 0.15) is 12.4 Å². The Hall–Kier alpha value is -3.21. The third kappa shape index (κ3) is 4.52. The molecule has 0 radical (unpaired) electrons. The molecule has 0 saturated heterocycles. The molecule has 0 fully saturated rings. The molecule has 0 unspecified atom stereocenters. The van der Waals surface area contributed by atoms with Crippen molar-refractivity contribution in [2.75, 3.05) is 5.32 Å². The number of aromatic nitrogens is 5. The van der Waals surface area contributed by atoms with Gasteiger partial charge in [0.15, 0.2) is 11.5 Å². The first-order valence-electron chi connectivity index (χ1n) is 9.61. The van der Waals surface area contributed by atoms with Gasteiger partial charge in [-0.05, 0) is 53.5 Å². The van der Waals surface area contributed by atoms with Gasteiger partial charge in [-0.25, -0.2) is 22.8 Å². The Morgan fingerprint density at radius 3 is 2.59 bits per heavy atom. The van der Waals surface area contributed by atoms with E-state index in [1.165, 1.54) is 22.9 Å². The van der Waals surface area contributed by atoms with Crippen LogP contribution in [0.3, 0.4) is 0 Å². The van der Waals surface area contributed by atoms with E-state index in [1.807, 2.05) is 0 Å². The van der Waals surface area contributed by atoms with E-state index in [9.17, 15) is 18.0 Å². The van der Waals surface area contributed by atoms with Gasteiger partial charge in [0, 0.05) is 17.5 Å². The number of amides is 1. The maximum Gasteiger partial charge on any atom is 0.264 e. The molecule has 1 amide bonds. The number of pyridine rings is 1. The molecule has 0 bridgehead atoms. The number of alkyl halides is 2. The lowest BCUT2D eigenvalue weighted by Gasteiger charge is -2.07. The summed E-state index contributed by atoms with van der Waals surface area (Å²) >= 11 is 3.36. The minimum absolute atomic E-state index is 0.154. The Morgan fingerprint density at radius 1 is 1.19 bits per heavy atom. The lowest BCUT2D eigenvalue weighted by Crippen LogP contribution is -2.20. The van der Waals surface area contributed by atoms with Crippen molar-refractivity contribution in [1.82, 2.24) is 24.5 Å². The van der Waals surface area contributed by atoms with Crippen LogP contribution < -0.4 is 5.32 Å². The van der Waals surface area contributed by atoms with Crippen LogP contribution in [0.4, 0.5) is 19.0 Å². The summed E-state index contributed by atoms with van der Waals surface area (Å²) in [4.78, 5) is 16.9. The number of nitrogens with zero attached hydrogens (tertiary/aromatic N) is 5. The summed E-state index contributed by atoms with van der Waals surface area (Å²) in [5.41, 5.74) is 1.71. The molecule has 0 aliphatic rings. The van der Waals surface area contributed by atoms with Crippen LogP contribution in [0.5, 0.6) is 0 Å². The summed E-state index contributed by atoms with van der Waals surface area (Å²) in [6.45, 7) is 3.38. The smallest absolute Gasteiger partial charge is 0.264 e. The Bertz CT molecular complexity index is 1300. The third-order valence-corrected chi connectivity index (χ3v) is 5.38. The van der Waals surface area contributed by atoms with Crippen molar-refractivity contribution in [1.29, 1.82) is 0 Å². The lowest BCUT2D eigenvalue weighted by atomic mass is 10.1. The SMILES string of the molecule is Cc1cc(C(F)F)c2c(C)nn(CC(=O)Nc3nn(Cc4ccc(F)cc4)cc3Br)c2n1. The Labute approximate surface area is 189 Å². The number of benzene rings is 1. The van der Waals surface area contributed by atoms with Gasteiger partial charge in [-0.2, -0.15) is 10.2 Å². The minimum Gasteiger partial charge on any atom is -0.307 e. The lowest BCUT2D eigenvalue weighted by molar-refractivity contribution is -0.116. The van der Waals surface area contributed by atoms with Crippen LogP contribution in [0.2, 0.25) is 0 Å². The Balaban J connectivity index is 1.53. The predicted octanol–water partition coefficient (Wildman–Crippen LogP) is 4.77. The molecule has 7 nitrogen and oxygen atoms in total. The topological polar surface area (TPSA) is 77.6 Å². The van der Waals surface area contributed by atoms with Gasteiger partial charge in [-0.3, -0.25) is 9.48 Å². The molecule has 11 heteroatoms. The number of hydrogen-bond acceptors (Lipinski definition) is 4. The van der Waals surface area contributed by atoms with Crippen LogP contribution >= 0.6 is 15.9 Å². The molecule has 4 rings (SSSR count). The number of carbonyl (C=O) groups excluding carboxylic acids is 1.